The molecule has 8 rings (SSSR count). The van der Waals surface area contributed by atoms with Crippen LogP contribution >= 0.6 is 0 Å². The van der Waals surface area contributed by atoms with Gasteiger partial charge in [-0.1, -0.05) is 19.9 Å². The fraction of sp³-hybridized carbons (Fsp3) is 0.318. The van der Waals surface area contributed by atoms with Gasteiger partial charge in [-0.3, -0.25) is 23.5 Å². The van der Waals surface area contributed by atoms with E-state index in [9.17, 15) is 32.3 Å². The molecule has 4 aromatic heterocycles. The smallest absolute Gasteiger partial charge is 0.416 e. The second-order valence-corrected chi connectivity index (χ2v) is 14.6. The number of anilines is 1. The summed E-state index contributed by atoms with van der Waals surface area (Å²) in [5.41, 5.74) is 2.15. The number of imidazole rings is 2. The molecule has 63 heavy (non-hydrogen) atoms. The van der Waals surface area contributed by atoms with Gasteiger partial charge in [0.25, 0.3) is 11.1 Å². The standard InChI is InChI=1S/C26H24F3N5O3.C18H20N4O4/c1-2-10-33-15-30-24-22(25(33)36)31-23(32-24)17-6-8-20(9-7-17)37-14-16-11-21(35)34(13-16)19-5-3-4-18(12-19)26(27,28)29;1-3-9-22-11-19-17-15(18(22)24)20-16(21-17)12-5-7-13(8-6-12)26-10-14(23)25-4-2/h3-9,12,15-16H,2,10-11,13-14H2,1H3,(H,31,32);5-8,11H,3-4,9-10H2,1-2H3,(H,20,21). The maximum absolute atomic E-state index is 13.0. The van der Waals surface area contributed by atoms with Gasteiger partial charge in [-0.15, -0.1) is 0 Å². The number of carbonyl (C=O) groups is 2. The molecule has 1 saturated heterocycles. The van der Waals surface area contributed by atoms with Crippen molar-refractivity contribution in [1.82, 2.24) is 39.0 Å². The highest BCUT2D eigenvalue weighted by Crippen LogP contribution is 2.34. The van der Waals surface area contributed by atoms with Gasteiger partial charge in [0, 0.05) is 48.8 Å². The highest BCUT2D eigenvalue weighted by molar-refractivity contribution is 5.95. The Hall–Kier alpha value is -7.31. The Morgan fingerprint density at radius 1 is 0.762 bits per heavy atom. The van der Waals surface area contributed by atoms with Crippen molar-refractivity contribution in [2.45, 2.75) is 59.3 Å². The average Bonchev–Trinajstić information content (AvgIpc) is 4.02. The normalized spacial score (nSPS) is 13.9. The third-order valence-corrected chi connectivity index (χ3v) is 9.98. The van der Waals surface area contributed by atoms with Crippen LogP contribution in [0.25, 0.3) is 45.1 Å². The number of amides is 1. The van der Waals surface area contributed by atoms with Gasteiger partial charge >= 0.3 is 12.1 Å². The van der Waals surface area contributed by atoms with E-state index in [1.807, 2.05) is 13.8 Å². The van der Waals surface area contributed by atoms with Gasteiger partial charge in [-0.25, -0.2) is 24.7 Å². The molecule has 2 N–H and O–H groups in total. The molecule has 1 aliphatic heterocycles. The van der Waals surface area contributed by atoms with Gasteiger partial charge in [0.15, 0.2) is 28.9 Å². The molecule has 16 nitrogen and oxygen atoms in total. The summed E-state index contributed by atoms with van der Waals surface area (Å²) in [6.07, 6.45) is 0.397. The van der Waals surface area contributed by atoms with E-state index in [1.54, 1.807) is 64.6 Å². The van der Waals surface area contributed by atoms with Crippen molar-refractivity contribution in [2.24, 2.45) is 5.92 Å². The topological polar surface area (TPSA) is 192 Å². The lowest BCUT2D eigenvalue weighted by atomic mass is 10.1. The molecule has 1 aliphatic rings. The summed E-state index contributed by atoms with van der Waals surface area (Å²) >= 11 is 0. The number of benzene rings is 3. The Labute approximate surface area is 357 Å². The Morgan fingerprint density at radius 3 is 1.81 bits per heavy atom. The summed E-state index contributed by atoms with van der Waals surface area (Å²) in [7, 11) is 0. The van der Waals surface area contributed by atoms with Crippen LogP contribution in [0.1, 0.15) is 45.6 Å². The van der Waals surface area contributed by atoms with Crippen LogP contribution in [0, 0.1) is 5.92 Å². The number of rotatable bonds is 14. The Balaban J connectivity index is 0.000000201. The van der Waals surface area contributed by atoms with E-state index in [-0.39, 0.29) is 54.8 Å². The molecule has 1 amide bonds. The molecule has 5 heterocycles. The molecule has 0 aliphatic carbocycles. The predicted octanol–water partition coefficient (Wildman–Crippen LogP) is 6.79. The minimum absolute atomic E-state index is 0.134. The van der Waals surface area contributed by atoms with Crippen LogP contribution in [0.4, 0.5) is 18.9 Å². The molecule has 328 valence electrons. The molecule has 1 unspecified atom stereocenters. The molecule has 7 aromatic rings. The summed E-state index contributed by atoms with van der Waals surface area (Å²) in [6, 6.07) is 18.9. The molecule has 0 radical (unpaired) electrons. The first-order valence-corrected chi connectivity index (χ1v) is 20.3. The number of H-pyrrole nitrogens is 2. The monoisotopic (exact) mass is 867 g/mol. The third-order valence-electron chi connectivity index (χ3n) is 9.98. The van der Waals surface area contributed by atoms with Crippen LogP contribution in [-0.2, 0) is 33.6 Å². The Kier molecular flexibility index (Phi) is 13.3. The van der Waals surface area contributed by atoms with Crippen LogP contribution in [0.2, 0.25) is 0 Å². The number of carbonyl (C=O) groups excluding carboxylic acids is 2. The number of nitrogens with one attached hydrogen (secondary N) is 2. The Morgan fingerprint density at radius 2 is 1.30 bits per heavy atom. The van der Waals surface area contributed by atoms with Crippen molar-refractivity contribution in [3.05, 3.63) is 112 Å². The summed E-state index contributed by atoms with van der Waals surface area (Å²) in [6.45, 7) is 7.61. The van der Waals surface area contributed by atoms with Gasteiger partial charge < -0.3 is 29.1 Å². The average molecular weight is 868 g/mol. The van der Waals surface area contributed by atoms with Gasteiger partial charge in [-0.05, 0) is 86.5 Å². The van der Waals surface area contributed by atoms with E-state index in [0.717, 1.165) is 36.1 Å². The Bertz CT molecular complexity index is 2830. The second-order valence-electron chi connectivity index (χ2n) is 14.6. The molecule has 19 heteroatoms. The minimum Gasteiger partial charge on any atom is -0.493 e. The van der Waals surface area contributed by atoms with Crippen molar-refractivity contribution < 1.29 is 37.0 Å². The fourth-order valence-corrected chi connectivity index (χ4v) is 6.90. The third kappa shape index (κ3) is 10.3. The van der Waals surface area contributed by atoms with Crippen molar-refractivity contribution in [2.75, 3.05) is 31.3 Å². The van der Waals surface area contributed by atoms with Crippen LogP contribution < -0.4 is 25.5 Å². The lowest BCUT2D eigenvalue weighted by Crippen LogP contribution is -2.25. The van der Waals surface area contributed by atoms with E-state index in [1.165, 1.54) is 29.7 Å². The zero-order valence-electron chi connectivity index (χ0n) is 34.6. The number of hydrogen-bond donors (Lipinski definition) is 2. The van der Waals surface area contributed by atoms with E-state index < -0.39 is 17.7 Å². The number of fused-ring (bicyclic) bond motifs is 2. The minimum atomic E-state index is -4.47. The molecular formula is C44H44F3N9O7. The first kappa shape index (κ1) is 43.8. The number of alkyl halides is 3. The molecule has 0 spiro atoms. The largest absolute Gasteiger partial charge is 0.493 e. The van der Waals surface area contributed by atoms with E-state index in [2.05, 4.69) is 29.9 Å². The second kappa shape index (κ2) is 19.2. The highest BCUT2D eigenvalue weighted by Gasteiger charge is 2.34. The van der Waals surface area contributed by atoms with Gasteiger partial charge in [0.2, 0.25) is 5.91 Å². The van der Waals surface area contributed by atoms with Crippen LogP contribution in [0.3, 0.4) is 0 Å². The van der Waals surface area contributed by atoms with E-state index >= 15 is 0 Å². The number of aryl methyl sites for hydroxylation is 2. The molecule has 0 saturated carbocycles. The lowest BCUT2D eigenvalue weighted by Gasteiger charge is -2.18. The number of hydrogen-bond acceptors (Lipinski definition) is 11. The predicted molar refractivity (Wildman–Crippen MR) is 227 cm³/mol. The number of halogens is 3. The van der Waals surface area contributed by atoms with Gasteiger partial charge in [0.05, 0.1) is 18.8 Å². The lowest BCUT2D eigenvalue weighted by molar-refractivity contribution is -0.145. The van der Waals surface area contributed by atoms with Crippen molar-refractivity contribution in [3.8, 4) is 34.3 Å². The number of aromatic amines is 2. The molecular weight excluding hydrogens is 824 g/mol. The fourth-order valence-electron chi connectivity index (χ4n) is 6.90. The maximum atomic E-state index is 13.0. The van der Waals surface area contributed by atoms with Crippen molar-refractivity contribution in [3.63, 3.8) is 0 Å². The van der Waals surface area contributed by atoms with Crippen LogP contribution in [0.15, 0.2) is 95.0 Å². The summed E-state index contributed by atoms with van der Waals surface area (Å²) in [5.74, 6) is 1.38. The summed E-state index contributed by atoms with van der Waals surface area (Å²) < 4.78 is 58.3. The summed E-state index contributed by atoms with van der Waals surface area (Å²) in [4.78, 5) is 73.5. The summed E-state index contributed by atoms with van der Waals surface area (Å²) in [5, 5.41) is 0. The van der Waals surface area contributed by atoms with E-state index in [4.69, 9.17) is 14.2 Å². The maximum Gasteiger partial charge on any atom is 0.416 e. The van der Waals surface area contributed by atoms with Crippen molar-refractivity contribution in [1.29, 1.82) is 0 Å². The van der Waals surface area contributed by atoms with Gasteiger partial charge in [-0.2, -0.15) is 13.2 Å². The SMILES string of the molecule is CCCn1cnc2nc(-c3ccc(OCC(=O)OCC)cc3)[nH]c2c1=O.CCCn1cnc2nc(-c3ccc(OCC4CC(=O)N(c5cccc(C(F)(F)F)c5)C4)cc3)[nH]c2c1=O. The van der Waals surface area contributed by atoms with Crippen molar-refractivity contribution >= 4 is 39.9 Å². The quantitative estimate of drug-likeness (QED) is 0.110. The zero-order valence-corrected chi connectivity index (χ0v) is 34.6. The molecule has 1 atom stereocenters. The number of esters is 1. The van der Waals surface area contributed by atoms with Crippen LogP contribution in [0.5, 0.6) is 11.5 Å². The van der Waals surface area contributed by atoms with Gasteiger partial charge in [0.1, 0.15) is 35.8 Å². The van der Waals surface area contributed by atoms with E-state index in [0.29, 0.717) is 65.2 Å². The number of ether oxygens (including phenoxy) is 3. The number of aromatic nitrogens is 8. The van der Waals surface area contributed by atoms with Crippen LogP contribution in [-0.4, -0.2) is 77.3 Å². The number of nitrogens with zero attached hydrogens (tertiary/aromatic N) is 7. The highest BCUT2D eigenvalue weighted by atomic mass is 19.4. The first-order valence-electron chi connectivity index (χ1n) is 20.3. The molecule has 3 aromatic carbocycles. The first-order chi connectivity index (χ1) is 30.3. The zero-order chi connectivity index (χ0) is 44.7. The molecule has 0 bridgehead atoms. The molecule has 1 fully saturated rings.